The maximum Gasteiger partial charge on any atom is 0.0166 e. The Balaban J connectivity index is 0.0000000986. The van der Waals surface area contributed by atoms with E-state index in [4.69, 9.17) is 0 Å². The van der Waals surface area contributed by atoms with Crippen molar-refractivity contribution in [3.63, 3.8) is 0 Å². The molecule has 0 saturated heterocycles. The molecule has 11 aromatic carbocycles. The lowest BCUT2D eigenvalue weighted by Crippen LogP contribution is -2.02. The number of rotatable bonds is 0. The Hall–Kier alpha value is -9.62. The topological polar surface area (TPSA) is 0 Å². The molecule has 0 N–H and O–H groups in total. The summed E-state index contributed by atoms with van der Waals surface area (Å²) in [6, 6.07) is 83.3. The lowest BCUT2D eigenvalue weighted by Gasteiger charge is -2.19. The van der Waals surface area contributed by atoms with E-state index in [0.29, 0.717) is 5.92 Å². The first kappa shape index (κ1) is 62.2. The third-order valence-corrected chi connectivity index (χ3v) is 19.6. The molecule has 20 rings (SSSR count). The van der Waals surface area contributed by atoms with E-state index >= 15 is 0 Å². The summed E-state index contributed by atoms with van der Waals surface area (Å²) >= 11 is 0. The van der Waals surface area contributed by atoms with Crippen molar-refractivity contribution >= 4 is 45.8 Å². The van der Waals surface area contributed by atoms with Crippen LogP contribution in [0, 0.1) is 5.92 Å². The van der Waals surface area contributed by atoms with Crippen molar-refractivity contribution in [3.8, 4) is 11.1 Å². The summed E-state index contributed by atoms with van der Waals surface area (Å²) in [5.74, 6) is 0.676. The van der Waals surface area contributed by atoms with E-state index in [1.807, 2.05) is 0 Å². The van der Waals surface area contributed by atoms with Crippen molar-refractivity contribution < 1.29 is 0 Å². The monoisotopic (exact) mass is 1200 g/mol. The van der Waals surface area contributed by atoms with Gasteiger partial charge < -0.3 is 0 Å². The standard InChI is InChI=1S/C15H14.C15H12.C14H12.C14H10.C12H14.C12H10.C8H8.C3H8/c2*1-3-7-14-11-15-8-4-2-6-13(15)10-9-12(14)5-1;2*1-3-7-13-11(5-1)9-10-12-6-2-4-8-14(12)13;2*1-3-9-7-11-5-2-6-12(11)8-10(9)4-1;1-3-7-5-2-6-8(7)4-1;1-3-2/h1-8H,9-11H2;1-10H,11H2;1-8H,9-10H2;1-10H;7-8H,1-6H2;1-3,6-8H,4-5H2;1-5,7H,6H2;3H2,1-2H3. The third-order valence-electron chi connectivity index (χ3n) is 19.6. The van der Waals surface area contributed by atoms with Gasteiger partial charge in [-0.2, -0.15) is 0 Å². The number of fused-ring (bicyclic) bond motifs is 15. The SMILES string of the molecule is C1=CC2C=CCC2=C1.C1=Cc2cc3c(cc2C1)C=CC3.C1=Cc2ccccc2Cc2ccccc21.CCC.c1c2c(cc3c1CCC3)CCC2.c1ccc2c(c1)CCc1ccccc1-2.c1ccc2c(c1)CCc1ccccc1C2.c1ccc2c(c1)ccc1ccccc12. The van der Waals surface area contributed by atoms with Crippen LogP contribution in [0.4, 0.5) is 0 Å². The molecule has 0 nitrogen and oxygen atoms in total. The fraction of sp³-hybridized carbons (Fsp3) is 0.204. The number of allylic oxidation sites excluding steroid dienone is 8. The van der Waals surface area contributed by atoms with Gasteiger partial charge in [-0.1, -0.05) is 323 Å². The van der Waals surface area contributed by atoms with Gasteiger partial charge in [-0.05, 0) is 229 Å². The van der Waals surface area contributed by atoms with Crippen LogP contribution >= 0.6 is 0 Å². The average molecular weight is 1210 g/mol. The molecule has 1 atom stereocenters. The second-order valence-electron chi connectivity index (χ2n) is 26.0. The summed E-state index contributed by atoms with van der Waals surface area (Å²) in [5, 5.41) is 5.30. The fourth-order valence-corrected chi connectivity index (χ4v) is 14.7. The van der Waals surface area contributed by atoms with Crippen LogP contribution in [0.3, 0.4) is 0 Å². The molecule has 0 aromatic heterocycles. The van der Waals surface area contributed by atoms with Crippen molar-refractivity contribution in [1.29, 1.82) is 0 Å². The minimum Gasteiger partial charge on any atom is -0.0835 e. The fourth-order valence-electron chi connectivity index (χ4n) is 14.7. The Morgan fingerprint density at radius 3 is 1.15 bits per heavy atom. The van der Waals surface area contributed by atoms with E-state index in [1.54, 1.807) is 27.8 Å². The Labute approximate surface area is 554 Å². The zero-order chi connectivity index (χ0) is 63.0. The molecule has 9 aliphatic carbocycles. The Morgan fingerprint density at radius 1 is 0.290 bits per heavy atom. The molecule has 0 heteroatoms. The van der Waals surface area contributed by atoms with E-state index in [9.17, 15) is 0 Å². The lowest BCUT2D eigenvalue weighted by atomic mass is 9.86. The van der Waals surface area contributed by atoms with E-state index < -0.39 is 0 Å². The Morgan fingerprint density at radius 2 is 0.677 bits per heavy atom. The summed E-state index contributed by atoms with van der Waals surface area (Å²) in [4.78, 5) is 0. The zero-order valence-corrected chi connectivity index (χ0v) is 54.7. The third kappa shape index (κ3) is 15.3. The molecule has 93 heavy (non-hydrogen) atoms. The van der Waals surface area contributed by atoms with Gasteiger partial charge in [0.1, 0.15) is 0 Å². The Bertz CT molecular complexity index is 4310. The molecule has 0 radical (unpaired) electrons. The summed E-state index contributed by atoms with van der Waals surface area (Å²) in [6.45, 7) is 4.25. The molecular weight excluding hydrogens is 1120 g/mol. The van der Waals surface area contributed by atoms with E-state index in [0.717, 1.165) is 25.7 Å². The normalized spacial score (nSPS) is 15.4. The van der Waals surface area contributed by atoms with Gasteiger partial charge >= 0.3 is 0 Å². The highest BCUT2D eigenvalue weighted by atomic mass is 14.2. The van der Waals surface area contributed by atoms with Gasteiger partial charge in [0.15, 0.2) is 0 Å². The first-order chi connectivity index (χ1) is 46.0. The van der Waals surface area contributed by atoms with Crippen LogP contribution in [0.5, 0.6) is 0 Å². The quantitative estimate of drug-likeness (QED) is 0.105. The smallest absolute Gasteiger partial charge is 0.0166 e. The number of aryl methyl sites for hydroxylation is 8. The first-order valence-corrected chi connectivity index (χ1v) is 34.7. The summed E-state index contributed by atoms with van der Waals surface area (Å²) in [6.07, 6.45) is 44.1. The van der Waals surface area contributed by atoms with Crippen molar-refractivity contribution in [1.82, 2.24) is 0 Å². The number of hydrogen-bond donors (Lipinski definition) is 0. The maximum atomic E-state index is 2.48. The van der Waals surface area contributed by atoms with Crippen LogP contribution in [-0.4, -0.2) is 0 Å². The predicted octanol–water partition coefficient (Wildman–Crippen LogP) is 23.5. The van der Waals surface area contributed by atoms with Crippen molar-refractivity contribution in [2.75, 3.05) is 0 Å². The number of hydrogen-bond acceptors (Lipinski definition) is 0. The Kier molecular flexibility index (Phi) is 20.5. The molecule has 0 heterocycles. The molecule has 0 aliphatic heterocycles. The van der Waals surface area contributed by atoms with Gasteiger partial charge in [0.25, 0.3) is 0 Å². The van der Waals surface area contributed by atoms with Crippen molar-refractivity contribution in [3.05, 3.63) is 379 Å². The molecule has 0 fully saturated rings. The molecule has 11 aromatic rings. The molecule has 0 spiro atoms. The highest BCUT2D eigenvalue weighted by Crippen LogP contribution is 2.35. The molecule has 9 aliphatic rings. The summed E-state index contributed by atoms with van der Waals surface area (Å²) in [5.41, 5.74) is 31.4. The maximum absolute atomic E-state index is 2.48. The second kappa shape index (κ2) is 30.7. The minimum atomic E-state index is 0.676. The van der Waals surface area contributed by atoms with E-state index in [2.05, 4.69) is 311 Å². The van der Waals surface area contributed by atoms with Gasteiger partial charge in [-0.15, -0.1) is 0 Å². The molecule has 0 bridgehead atoms. The van der Waals surface area contributed by atoms with E-state index in [-0.39, 0.29) is 0 Å². The molecular formula is C93H88. The van der Waals surface area contributed by atoms with Gasteiger partial charge in [-0.3, -0.25) is 0 Å². The van der Waals surface area contributed by atoms with Crippen molar-refractivity contribution in [2.45, 2.75) is 117 Å². The minimum absolute atomic E-state index is 0.676. The van der Waals surface area contributed by atoms with Crippen LogP contribution in [0.2, 0.25) is 0 Å². The van der Waals surface area contributed by atoms with Crippen molar-refractivity contribution in [2.24, 2.45) is 5.92 Å². The van der Waals surface area contributed by atoms with Crippen LogP contribution in [0.1, 0.15) is 140 Å². The molecule has 460 valence electrons. The average Bonchev–Trinajstić information content (AvgIpc) is 1.94. The van der Waals surface area contributed by atoms with Gasteiger partial charge in [0.2, 0.25) is 0 Å². The summed E-state index contributed by atoms with van der Waals surface area (Å²) in [7, 11) is 0. The van der Waals surface area contributed by atoms with Crippen LogP contribution in [-0.2, 0) is 77.0 Å². The largest absolute Gasteiger partial charge is 0.0835 e. The second-order valence-corrected chi connectivity index (χ2v) is 26.0. The predicted molar refractivity (Wildman–Crippen MR) is 401 cm³/mol. The van der Waals surface area contributed by atoms with Gasteiger partial charge in [0, 0.05) is 5.92 Å². The highest BCUT2D eigenvalue weighted by Gasteiger charge is 2.19. The highest BCUT2D eigenvalue weighted by molar-refractivity contribution is 6.07. The summed E-state index contributed by atoms with van der Waals surface area (Å²) < 4.78 is 0. The molecule has 1 unspecified atom stereocenters. The van der Waals surface area contributed by atoms with Gasteiger partial charge in [0.05, 0.1) is 0 Å². The van der Waals surface area contributed by atoms with E-state index in [1.165, 1.54) is 188 Å². The zero-order valence-electron chi connectivity index (χ0n) is 54.7. The first-order valence-electron chi connectivity index (χ1n) is 34.7. The van der Waals surface area contributed by atoms with Crippen LogP contribution in [0.15, 0.2) is 279 Å². The van der Waals surface area contributed by atoms with Gasteiger partial charge in [-0.25, -0.2) is 0 Å². The van der Waals surface area contributed by atoms with Crippen LogP contribution in [0.25, 0.3) is 57.0 Å². The molecule has 0 saturated carbocycles. The van der Waals surface area contributed by atoms with Crippen LogP contribution < -0.4 is 0 Å². The molecule has 0 amide bonds. The lowest BCUT2D eigenvalue weighted by molar-refractivity contribution is 0.897. The number of benzene rings is 11.